The van der Waals surface area contributed by atoms with Crippen molar-refractivity contribution >= 4 is 5.97 Å². The molecule has 3 N–H and O–H groups in total. The largest absolute Gasteiger partial charge is 0.507 e. The summed E-state index contributed by atoms with van der Waals surface area (Å²) in [5.41, 5.74) is -0.442. The Morgan fingerprint density at radius 3 is 2.23 bits per heavy atom. The third-order valence-electron chi connectivity index (χ3n) is 1.53. The van der Waals surface area contributed by atoms with E-state index in [1.165, 1.54) is 7.11 Å². The van der Waals surface area contributed by atoms with Gasteiger partial charge in [0.2, 0.25) is 0 Å². The molecule has 0 saturated heterocycles. The van der Waals surface area contributed by atoms with Crippen LogP contribution < -0.4 is 4.74 Å². The number of hydrogen-bond donors (Lipinski definition) is 3. The van der Waals surface area contributed by atoms with Crippen LogP contribution in [-0.2, 0) is 0 Å². The van der Waals surface area contributed by atoms with Crippen LogP contribution in [0.25, 0.3) is 0 Å². The van der Waals surface area contributed by atoms with Crippen LogP contribution in [0.1, 0.15) is 10.4 Å². The van der Waals surface area contributed by atoms with Crippen LogP contribution in [0.2, 0.25) is 0 Å². The van der Waals surface area contributed by atoms with Gasteiger partial charge in [-0.1, -0.05) is 0 Å². The van der Waals surface area contributed by atoms with Crippen molar-refractivity contribution in [1.82, 2.24) is 0 Å². The van der Waals surface area contributed by atoms with E-state index in [2.05, 4.69) is 4.74 Å². The molecule has 0 bridgehead atoms. The number of hydrogen-bond acceptors (Lipinski definition) is 4. The zero-order valence-corrected chi connectivity index (χ0v) is 6.81. The molecule has 0 aliphatic heterocycles. The highest BCUT2D eigenvalue weighted by atomic mass is 16.5. The molecule has 70 valence electrons. The Morgan fingerprint density at radius 1 is 1.31 bits per heavy atom. The molecule has 0 amide bonds. The zero-order chi connectivity index (χ0) is 10.0. The highest BCUT2D eigenvalue weighted by molar-refractivity contribution is 5.95. The maximum atomic E-state index is 10.6. The number of phenolic OH excluding ortho intramolecular Hbond substituents is 1. The highest BCUT2D eigenvalue weighted by Crippen LogP contribution is 2.35. The van der Waals surface area contributed by atoms with E-state index in [1.54, 1.807) is 0 Å². The van der Waals surface area contributed by atoms with Crippen LogP contribution in [-0.4, -0.2) is 28.4 Å². The van der Waals surface area contributed by atoms with E-state index in [-0.39, 0.29) is 11.5 Å². The lowest BCUT2D eigenvalue weighted by Gasteiger charge is -2.07. The molecule has 0 spiro atoms. The standard InChI is InChI=1S/C8H8O5/c1-13-7-5(10)3-2-4(9)6(7)8(11)12/h2-3,9-10H,1H3,(H,11,12). The summed E-state index contributed by atoms with van der Waals surface area (Å²) in [5.74, 6) is -2.36. The van der Waals surface area contributed by atoms with Gasteiger partial charge >= 0.3 is 5.97 Å². The fourth-order valence-corrected chi connectivity index (χ4v) is 0.975. The van der Waals surface area contributed by atoms with Gasteiger partial charge in [0, 0.05) is 0 Å². The van der Waals surface area contributed by atoms with Gasteiger partial charge in [-0.3, -0.25) is 0 Å². The maximum absolute atomic E-state index is 10.6. The van der Waals surface area contributed by atoms with Gasteiger partial charge in [0.25, 0.3) is 0 Å². The number of carboxylic acid groups (broad SMARTS) is 1. The van der Waals surface area contributed by atoms with Crippen molar-refractivity contribution in [1.29, 1.82) is 0 Å². The topological polar surface area (TPSA) is 87.0 Å². The lowest BCUT2D eigenvalue weighted by atomic mass is 10.1. The Morgan fingerprint density at radius 2 is 1.85 bits per heavy atom. The second-order valence-corrected chi connectivity index (χ2v) is 2.32. The predicted octanol–water partition coefficient (Wildman–Crippen LogP) is 0.805. The predicted molar refractivity (Wildman–Crippen MR) is 43.3 cm³/mol. The molecular formula is C8H8O5. The van der Waals surface area contributed by atoms with Crippen molar-refractivity contribution in [3.05, 3.63) is 17.7 Å². The Kier molecular flexibility index (Phi) is 2.27. The van der Waals surface area contributed by atoms with Crippen molar-refractivity contribution in [2.45, 2.75) is 0 Å². The molecule has 5 heteroatoms. The number of rotatable bonds is 2. The van der Waals surface area contributed by atoms with Crippen molar-refractivity contribution in [3.63, 3.8) is 0 Å². The van der Waals surface area contributed by atoms with Gasteiger partial charge in [0.05, 0.1) is 7.11 Å². The highest BCUT2D eigenvalue weighted by Gasteiger charge is 2.19. The molecule has 0 radical (unpaired) electrons. The minimum atomic E-state index is -1.36. The zero-order valence-electron chi connectivity index (χ0n) is 6.81. The lowest BCUT2D eigenvalue weighted by Crippen LogP contribution is -2.00. The molecule has 0 aromatic heterocycles. The second-order valence-electron chi connectivity index (χ2n) is 2.32. The molecular weight excluding hydrogens is 176 g/mol. The summed E-state index contributed by atoms with van der Waals surface area (Å²) in [7, 11) is 1.21. The molecule has 0 unspecified atom stereocenters. The first-order valence-corrected chi connectivity index (χ1v) is 3.40. The summed E-state index contributed by atoms with van der Waals surface area (Å²) in [6.45, 7) is 0. The fraction of sp³-hybridized carbons (Fsp3) is 0.125. The number of phenols is 2. The number of methoxy groups -OCH3 is 1. The van der Waals surface area contributed by atoms with Crippen molar-refractivity contribution < 1.29 is 24.9 Å². The van der Waals surface area contributed by atoms with E-state index in [4.69, 9.17) is 15.3 Å². The van der Waals surface area contributed by atoms with Crippen molar-refractivity contribution in [3.8, 4) is 17.2 Å². The normalized spacial score (nSPS) is 9.62. The molecule has 0 heterocycles. The number of aromatic hydroxyl groups is 2. The summed E-state index contributed by atoms with van der Waals surface area (Å²) in [4.78, 5) is 10.6. The van der Waals surface area contributed by atoms with Crippen LogP contribution in [0.4, 0.5) is 0 Å². The summed E-state index contributed by atoms with van der Waals surface area (Å²) in [6.07, 6.45) is 0. The molecule has 0 saturated carbocycles. The van der Waals surface area contributed by atoms with Gasteiger partial charge in [-0.15, -0.1) is 0 Å². The smallest absolute Gasteiger partial charge is 0.343 e. The van der Waals surface area contributed by atoms with Crippen LogP contribution in [0, 0.1) is 0 Å². The van der Waals surface area contributed by atoms with Gasteiger partial charge in [-0.05, 0) is 12.1 Å². The van der Waals surface area contributed by atoms with Gasteiger partial charge in [-0.25, -0.2) is 4.79 Å². The van der Waals surface area contributed by atoms with Crippen LogP contribution in [0.15, 0.2) is 12.1 Å². The monoisotopic (exact) mass is 184 g/mol. The Labute approximate surface area is 73.8 Å². The number of carbonyl (C=O) groups is 1. The van der Waals surface area contributed by atoms with Gasteiger partial charge in [0.15, 0.2) is 11.5 Å². The minimum absolute atomic E-state index is 0.243. The van der Waals surface area contributed by atoms with E-state index in [9.17, 15) is 4.79 Å². The van der Waals surface area contributed by atoms with Crippen molar-refractivity contribution in [2.24, 2.45) is 0 Å². The Bertz CT molecular complexity index is 345. The molecule has 1 aromatic rings. The number of ether oxygens (including phenoxy) is 1. The average molecular weight is 184 g/mol. The number of carboxylic acids is 1. The van der Waals surface area contributed by atoms with E-state index >= 15 is 0 Å². The first-order chi connectivity index (χ1) is 6.07. The van der Waals surface area contributed by atoms with E-state index < -0.39 is 17.3 Å². The fourth-order valence-electron chi connectivity index (χ4n) is 0.975. The van der Waals surface area contributed by atoms with Gasteiger partial charge in [-0.2, -0.15) is 0 Å². The molecule has 5 nitrogen and oxygen atoms in total. The maximum Gasteiger partial charge on any atom is 0.343 e. The molecule has 0 atom stereocenters. The summed E-state index contributed by atoms with van der Waals surface area (Å²) in [5, 5.41) is 27.0. The molecule has 0 aliphatic rings. The van der Waals surface area contributed by atoms with Crippen LogP contribution in [0.5, 0.6) is 17.2 Å². The molecule has 0 fully saturated rings. The van der Waals surface area contributed by atoms with Gasteiger partial charge < -0.3 is 20.1 Å². The summed E-state index contributed by atoms with van der Waals surface area (Å²) in [6, 6.07) is 2.24. The average Bonchev–Trinajstić information content (AvgIpc) is 2.07. The van der Waals surface area contributed by atoms with Gasteiger partial charge in [0.1, 0.15) is 11.3 Å². The summed E-state index contributed by atoms with van der Waals surface area (Å²) >= 11 is 0. The molecule has 13 heavy (non-hydrogen) atoms. The Hall–Kier alpha value is -1.91. The van der Waals surface area contributed by atoms with Crippen molar-refractivity contribution in [2.75, 3.05) is 7.11 Å². The lowest BCUT2D eigenvalue weighted by molar-refractivity contribution is 0.0689. The third kappa shape index (κ3) is 1.48. The summed E-state index contributed by atoms with van der Waals surface area (Å²) < 4.78 is 4.63. The van der Waals surface area contributed by atoms with E-state index in [0.717, 1.165) is 12.1 Å². The molecule has 0 aliphatic carbocycles. The first kappa shape index (κ1) is 9.18. The minimum Gasteiger partial charge on any atom is -0.507 e. The number of aromatic carboxylic acids is 1. The van der Waals surface area contributed by atoms with Crippen LogP contribution >= 0.6 is 0 Å². The third-order valence-corrected chi connectivity index (χ3v) is 1.53. The van der Waals surface area contributed by atoms with E-state index in [1.807, 2.05) is 0 Å². The van der Waals surface area contributed by atoms with E-state index in [0.29, 0.717) is 0 Å². The molecule has 1 rings (SSSR count). The quantitative estimate of drug-likeness (QED) is 0.592. The SMILES string of the molecule is COc1c(O)ccc(O)c1C(=O)O. The molecule has 1 aromatic carbocycles. The number of benzene rings is 1. The first-order valence-electron chi connectivity index (χ1n) is 3.40. The Balaban J connectivity index is 3.43. The van der Waals surface area contributed by atoms with Crippen LogP contribution in [0.3, 0.4) is 0 Å². The second kappa shape index (κ2) is 3.22.